The highest BCUT2D eigenvalue weighted by Gasteiger charge is 2.14. The minimum atomic E-state index is -0.646. The molecule has 2 rings (SSSR count). The molecule has 0 aliphatic heterocycles. The van der Waals surface area contributed by atoms with Gasteiger partial charge in [0.25, 0.3) is 11.8 Å². The Morgan fingerprint density at radius 2 is 0.722 bits per heavy atom. The molecule has 0 fully saturated rings. The molecule has 2 aromatic carbocycles. The lowest BCUT2D eigenvalue weighted by molar-refractivity contribution is 0.0944. The number of nitrogens with one attached hydrogen (secondary N) is 2. The van der Waals surface area contributed by atoms with Crippen LogP contribution in [0.5, 0.6) is 34.5 Å². The highest BCUT2D eigenvalue weighted by molar-refractivity contribution is 5.96. The summed E-state index contributed by atoms with van der Waals surface area (Å²) in [6.07, 6.45) is 10.3. The Balaban J connectivity index is 1.42. The van der Waals surface area contributed by atoms with E-state index >= 15 is 0 Å². The van der Waals surface area contributed by atoms with Crippen LogP contribution < -0.4 is 10.6 Å². The van der Waals surface area contributed by atoms with E-state index < -0.39 is 46.3 Å². The Morgan fingerprint density at radius 3 is 1.00 bits per heavy atom. The molecule has 10 nitrogen and oxygen atoms in total. The number of unbranched alkanes of at least 4 members (excludes halogenated alkanes) is 9. The smallest absolute Gasteiger partial charge is 0.251 e. The van der Waals surface area contributed by atoms with Crippen LogP contribution in [0.25, 0.3) is 0 Å². The van der Waals surface area contributed by atoms with Gasteiger partial charge in [0.2, 0.25) is 0 Å². The Morgan fingerprint density at radius 1 is 0.472 bits per heavy atom. The second-order valence-electron chi connectivity index (χ2n) is 8.77. The van der Waals surface area contributed by atoms with Crippen LogP contribution in [0.15, 0.2) is 24.3 Å². The van der Waals surface area contributed by atoms with Gasteiger partial charge in [0.05, 0.1) is 0 Å². The van der Waals surface area contributed by atoms with Crippen molar-refractivity contribution < 1.29 is 40.2 Å². The van der Waals surface area contributed by atoms with Crippen molar-refractivity contribution in [1.82, 2.24) is 10.6 Å². The fourth-order valence-electron chi connectivity index (χ4n) is 3.74. The van der Waals surface area contributed by atoms with Crippen molar-refractivity contribution in [2.24, 2.45) is 0 Å². The molecule has 8 N–H and O–H groups in total. The lowest BCUT2D eigenvalue weighted by Gasteiger charge is -2.08. The molecule has 0 bridgehead atoms. The molecule has 2 aromatic rings. The van der Waals surface area contributed by atoms with Crippen LogP contribution in [0.2, 0.25) is 0 Å². The quantitative estimate of drug-likeness (QED) is 0.132. The fraction of sp³-hybridized carbons (Fsp3) is 0.462. The summed E-state index contributed by atoms with van der Waals surface area (Å²) in [7, 11) is 0. The van der Waals surface area contributed by atoms with Crippen molar-refractivity contribution in [2.75, 3.05) is 13.1 Å². The Labute approximate surface area is 210 Å². The molecule has 198 valence electrons. The molecule has 0 aliphatic carbocycles. The zero-order chi connectivity index (χ0) is 26.5. The van der Waals surface area contributed by atoms with Crippen molar-refractivity contribution in [3.8, 4) is 34.5 Å². The second kappa shape index (κ2) is 14.6. The molecule has 0 aromatic heterocycles. The van der Waals surface area contributed by atoms with Crippen LogP contribution in [0, 0.1) is 0 Å². The lowest BCUT2D eigenvalue weighted by atomic mass is 10.1. The first-order valence-electron chi connectivity index (χ1n) is 12.3. The van der Waals surface area contributed by atoms with E-state index in [0.29, 0.717) is 13.1 Å². The standard InChI is InChI=1S/C26H36N2O8/c29-19-13-17(14-20(30)23(19)33)25(35)27-11-9-7-5-3-1-2-4-6-8-10-12-28-26(36)18-15-21(31)24(34)22(32)16-18/h13-16,29-34H,1-12H2,(H,27,35)(H,28,36). The Hall–Kier alpha value is -3.82. The summed E-state index contributed by atoms with van der Waals surface area (Å²) in [5, 5.41) is 62.0. The average Bonchev–Trinajstić information content (AvgIpc) is 2.85. The molecule has 0 spiro atoms. The molecular weight excluding hydrogens is 468 g/mol. The molecule has 0 aliphatic rings. The number of carbonyl (C=O) groups is 2. The van der Waals surface area contributed by atoms with E-state index in [1.165, 1.54) is 0 Å². The Kier molecular flexibility index (Phi) is 11.5. The number of rotatable bonds is 15. The van der Waals surface area contributed by atoms with Crippen LogP contribution in [-0.4, -0.2) is 55.5 Å². The third kappa shape index (κ3) is 9.09. The number of hydrogen-bond donors (Lipinski definition) is 8. The SMILES string of the molecule is O=C(NCCCCCCCCCCCCNC(=O)c1cc(O)c(O)c(O)c1)c1cc(O)c(O)c(O)c1. The molecule has 0 radical (unpaired) electrons. The van der Waals surface area contributed by atoms with Gasteiger partial charge < -0.3 is 41.3 Å². The summed E-state index contributed by atoms with van der Waals surface area (Å²) in [5.41, 5.74) is 0.172. The van der Waals surface area contributed by atoms with Gasteiger partial charge in [-0.3, -0.25) is 9.59 Å². The summed E-state index contributed by atoms with van der Waals surface area (Å²) < 4.78 is 0. The molecule has 10 heteroatoms. The summed E-state index contributed by atoms with van der Waals surface area (Å²) in [6, 6.07) is 4.43. The first-order chi connectivity index (χ1) is 17.2. The number of hydrogen-bond acceptors (Lipinski definition) is 8. The van der Waals surface area contributed by atoms with Crippen molar-refractivity contribution >= 4 is 11.8 Å². The maximum atomic E-state index is 12.0. The molecule has 36 heavy (non-hydrogen) atoms. The van der Waals surface area contributed by atoms with Gasteiger partial charge in [-0.1, -0.05) is 51.4 Å². The van der Waals surface area contributed by atoms with E-state index in [9.17, 15) is 40.2 Å². The van der Waals surface area contributed by atoms with Gasteiger partial charge in [-0.25, -0.2) is 0 Å². The zero-order valence-corrected chi connectivity index (χ0v) is 20.3. The summed E-state index contributed by atoms with van der Waals surface area (Å²) in [5.74, 6) is -4.29. The third-order valence-corrected chi connectivity index (χ3v) is 5.84. The first kappa shape index (κ1) is 28.4. The van der Waals surface area contributed by atoms with E-state index in [1.807, 2.05) is 0 Å². The van der Waals surface area contributed by atoms with Gasteiger partial charge in [0.1, 0.15) is 0 Å². The summed E-state index contributed by atoms with van der Waals surface area (Å²) in [6.45, 7) is 0.986. The van der Waals surface area contributed by atoms with Crippen molar-refractivity contribution in [3.63, 3.8) is 0 Å². The molecule has 0 heterocycles. The normalized spacial score (nSPS) is 10.8. The number of amides is 2. The number of aromatic hydroxyl groups is 6. The molecular formula is C26H36N2O8. The summed E-state index contributed by atoms with van der Waals surface area (Å²) in [4.78, 5) is 24.1. The molecule has 2 amide bonds. The maximum absolute atomic E-state index is 12.0. The van der Waals surface area contributed by atoms with Crippen LogP contribution in [0.1, 0.15) is 84.9 Å². The molecule has 0 saturated heterocycles. The monoisotopic (exact) mass is 504 g/mol. The van der Waals surface area contributed by atoms with Gasteiger partial charge in [-0.2, -0.15) is 0 Å². The summed E-state index contributed by atoms with van der Waals surface area (Å²) >= 11 is 0. The number of phenolic OH excluding ortho intramolecular Hbond substituents is 6. The highest BCUT2D eigenvalue weighted by atomic mass is 16.3. The third-order valence-electron chi connectivity index (χ3n) is 5.84. The topological polar surface area (TPSA) is 180 Å². The number of benzene rings is 2. The van der Waals surface area contributed by atoms with Crippen molar-refractivity contribution in [3.05, 3.63) is 35.4 Å². The molecule has 0 atom stereocenters. The van der Waals surface area contributed by atoms with Gasteiger partial charge in [-0.05, 0) is 37.1 Å². The van der Waals surface area contributed by atoms with Gasteiger partial charge >= 0.3 is 0 Å². The van der Waals surface area contributed by atoms with Crippen LogP contribution >= 0.6 is 0 Å². The van der Waals surface area contributed by atoms with Gasteiger partial charge in [0.15, 0.2) is 34.5 Å². The maximum Gasteiger partial charge on any atom is 0.251 e. The predicted octanol–water partition coefficient (Wildman–Crippen LogP) is 3.98. The largest absolute Gasteiger partial charge is 0.504 e. The van der Waals surface area contributed by atoms with E-state index in [4.69, 9.17) is 0 Å². The van der Waals surface area contributed by atoms with Gasteiger partial charge in [0, 0.05) is 24.2 Å². The van der Waals surface area contributed by atoms with E-state index in [2.05, 4.69) is 10.6 Å². The minimum Gasteiger partial charge on any atom is -0.504 e. The van der Waals surface area contributed by atoms with E-state index in [-0.39, 0.29) is 11.1 Å². The fourth-order valence-corrected chi connectivity index (χ4v) is 3.74. The highest BCUT2D eigenvalue weighted by Crippen LogP contribution is 2.36. The first-order valence-corrected chi connectivity index (χ1v) is 12.3. The van der Waals surface area contributed by atoms with E-state index in [1.54, 1.807) is 0 Å². The molecule has 0 saturated carbocycles. The minimum absolute atomic E-state index is 0.0862. The average molecular weight is 505 g/mol. The zero-order valence-electron chi connectivity index (χ0n) is 20.3. The van der Waals surface area contributed by atoms with E-state index in [0.717, 1.165) is 88.5 Å². The van der Waals surface area contributed by atoms with Crippen LogP contribution in [0.3, 0.4) is 0 Å². The molecule has 0 unspecified atom stereocenters. The number of phenols is 6. The second-order valence-corrected chi connectivity index (χ2v) is 8.77. The predicted molar refractivity (Wildman–Crippen MR) is 134 cm³/mol. The number of carbonyl (C=O) groups excluding carboxylic acids is 2. The van der Waals surface area contributed by atoms with Gasteiger partial charge in [-0.15, -0.1) is 0 Å². The van der Waals surface area contributed by atoms with Crippen LogP contribution in [0.4, 0.5) is 0 Å². The van der Waals surface area contributed by atoms with Crippen LogP contribution in [-0.2, 0) is 0 Å². The van der Waals surface area contributed by atoms with Crippen molar-refractivity contribution in [2.45, 2.75) is 64.2 Å². The van der Waals surface area contributed by atoms with Crippen molar-refractivity contribution in [1.29, 1.82) is 0 Å². The Bertz CT molecular complexity index is 897. The lowest BCUT2D eigenvalue weighted by Crippen LogP contribution is -2.24.